The number of benzene rings is 1. The normalized spacial score (nSPS) is 10.8. The second kappa shape index (κ2) is 6.43. The van der Waals surface area contributed by atoms with Gasteiger partial charge in [-0.1, -0.05) is 23.2 Å². The molecular weight excluding hydrogens is 371 g/mol. The zero-order chi connectivity index (χ0) is 17.4. The van der Waals surface area contributed by atoms with Crippen molar-refractivity contribution >= 4 is 56.9 Å². The van der Waals surface area contributed by atoms with Crippen molar-refractivity contribution in [3.05, 3.63) is 55.4 Å². The monoisotopic (exact) mass is 382 g/mol. The Morgan fingerprint density at radius 1 is 1.25 bits per heavy atom. The summed E-state index contributed by atoms with van der Waals surface area (Å²) in [5.41, 5.74) is 1.39. The third-order valence-corrected chi connectivity index (χ3v) is 4.83. The molecule has 9 heteroatoms. The van der Waals surface area contributed by atoms with Crippen LogP contribution in [0.4, 0.5) is 16.2 Å². The number of nitrogens with one attached hydrogen (secondary N) is 2. The number of fused-ring (bicyclic) bond motifs is 1. The highest BCUT2D eigenvalue weighted by molar-refractivity contribution is 7.15. The largest absolute Gasteiger partial charge is 0.323 e. The van der Waals surface area contributed by atoms with E-state index in [-0.39, 0.29) is 11.2 Å². The second-order valence-electron chi connectivity index (χ2n) is 5.08. The highest BCUT2D eigenvalue weighted by atomic mass is 35.5. The smallest absolute Gasteiger partial charge is 0.306 e. The molecule has 3 rings (SSSR count). The van der Waals surface area contributed by atoms with Crippen molar-refractivity contribution < 1.29 is 4.79 Å². The van der Waals surface area contributed by atoms with Crippen molar-refractivity contribution in [1.29, 1.82) is 0 Å². The summed E-state index contributed by atoms with van der Waals surface area (Å²) in [7, 11) is 0. The molecule has 0 unspecified atom stereocenters. The molecule has 2 N–H and O–H groups in total. The van der Waals surface area contributed by atoms with E-state index in [4.69, 9.17) is 23.2 Å². The molecule has 0 aliphatic carbocycles. The first kappa shape index (κ1) is 16.8. The fraction of sp³-hybridized carbons (Fsp3) is 0.133. The number of halogens is 2. The van der Waals surface area contributed by atoms with E-state index in [1.54, 1.807) is 26.0 Å². The van der Waals surface area contributed by atoms with Crippen molar-refractivity contribution in [2.75, 3.05) is 10.6 Å². The molecule has 0 fully saturated rings. The van der Waals surface area contributed by atoms with Crippen LogP contribution in [0.1, 0.15) is 11.4 Å². The molecule has 0 aliphatic heterocycles. The zero-order valence-electron chi connectivity index (χ0n) is 12.7. The Balaban J connectivity index is 1.90. The molecule has 2 heterocycles. The lowest BCUT2D eigenvalue weighted by molar-refractivity contribution is 0.262. The van der Waals surface area contributed by atoms with E-state index in [2.05, 4.69) is 15.6 Å². The van der Waals surface area contributed by atoms with Crippen LogP contribution < -0.4 is 16.2 Å². The van der Waals surface area contributed by atoms with Gasteiger partial charge in [0.1, 0.15) is 5.69 Å². The lowest BCUT2D eigenvalue weighted by Crippen LogP contribution is -2.27. The number of hydrogen-bond acceptors (Lipinski definition) is 4. The predicted octanol–water partition coefficient (Wildman–Crippen LogP) is 4.32. The Hall–Kier alpha value is -2.09. The average molecular weight is 383 g/mol. The van der Waals surface area contributed by atoms with Gasteiger partial charge < -0.3 is 10.6 Å². The summed E-state index contributed by atoms with van der Waals surface area (Å²) in [6, 6.07) is 4.11. The highest BCUT2D eigenvalue weighted by Crippen LogP contribution is 2.25. The van der Waals surface area contributed by atoms with Gasteiger partial charge >= 0.3 is 6.03 Å². The zero-order valence-corrected chi connectivity index (χ0v) is 15.0. The number of carbonyl (C=O) groups excluding carboxylic acids is 1. The van der Waals surface area contributed by atoms with Crippen molar-refractivity contribution in [2.24, 2.45) is 0 Å². The molecule has 0 spiro atoms. The third-order valence-electron chi connectivity index (χ3n) is 3.34. The number of aryl methyl sites for hydroxylation is 2. The van der Waals surface area contributed by atoms with Gasteiger partial charge in [-0.25, -0.2) is 9.78 Å². The topological polar surface area (TPSA) is 75.5 Å². The number of urea groups is 1. The first-order valence-electron chi connectivity index (χ1n) is 6.87. The van der Waals surface area contributed by atoms with Gasteiger partial charge in [-0.15, -0.1) is 11.3 Å². The summed E-state index contributed by atoms with van der Waals surface area (Å²) in [6.07, 6.45) is 0. The first-order chi connectivity index (χ1) is 11.4. The maximum atomic E-state index is 12.6. The number of aromatic nitrogens is 2. The van der Waals surface area contributed by atoms with Gasteiger partial charge in [0.2, 0.25) is 0 Å². The Kier molecular flexibility index (Phi) is 4.49. The molecule has 24 heavy (non-hydrogen) atoms. The molecule has 6 nitrogen and oxygen atoms in total. The maximum Gasteiger partial charge on any atom is 0.323 e. The molecule has 0 bridgehead atoms. The summed E-state index contributed by atoms with van der Waals surface area (Å²) in [5.74, 6) is 0. The minimum atomic E-state index is -0.589. The minimum absolute atomic E-state index is 0.122. The Labute approximate surface area is 151 Å². The summed E-state index contributed by atoms with van der Waals surface area (Å²) < 4.78 is 1.46. The average Bonchev–Trinajstić information content (AvgIpc) is 2.87. The molecule has 1 aromatic carbocycles. The Morgan fingerprint density at radius 3 is 2.71 bits per heavy atom. The van der Waals surface area contributed by atoms with E-state index in [1.165, 1.54) is 21.8 Å². The Bertz CT molecular complexity index is 1010. The molecule has 2 amide bonds. The SMILES string of the molecule is Cc1nc2scc(C)n2c(=O)c1NC(=O)Nc1ccc(Cl)cc1Cl. The van der Waals surface area contributed by atoms with E-state index in [9.17, 15) is 9.59 Å². The van der Waals surface area contributed by atoms with Gasteiger partial charge in [0.15, 0.2) is 4.96 Å². The lowest BCUT2D eigenvalue weighted by atomic mass is 10.3. The number of hydrogen-bond donors (Lipinski definition) is 2. The van der Waals surface area contributed by atoms with Gasteiger partial charge in [0.05, 0.1) is 16.4 Å². The Morgan fingerprint density at radius 2 is 2.00 bits per heavy atom. The van der Waals surface area contributed by atoms with E-state index < -0.39 is 6.03 Å². The molecule has 2 aromatic heterocycles. The van der Waals surface area contributed by atoms with Crippen LogP contribution in [0.2, 0.25) is 10.0 Å². The van der Waals surface area contributed by atoms with Crippen LogP contribution in [-0.2, 0) is 0 Å². The van der Waals surface area contributed by atoms with E-state index in [0.29, 0.717) is 26.4 Å². The van der Waals surface area contributed by atoms with Crippen LogP contribution in [0, 0.1) is 13.8 Å². The number of thiazole rings is 1. The lowest BCUT2D eigenvalue weighted by Gasteiger charge is -2.10. The fourth-order valence-corrected chi connectivity index (χ4v) is 3.54. The van der Waals surface area contributed by atoms with Gasteiger partial charge in [-0.3, -0.25) is 9.20 Å². The summed E-state index contributed by atoms with van der Waals surface area (Å²) in [4.78, 5) is 29.7. The van der Waals surface area contributed by atoms with E-state index in [1.807, 2.05) is 5.38 Å². The van der Waals surface area contributed by atoms with Gasteiger partial charge in [0.25, 0.3) is 5.56 Å². The molecule has 124 valence electrons. The molecule has 3 aromatic rings. The molecule has 0 saturated carbocycles. The quantitative estimate of drug-likeness (QED) is 0.692. The molecule has 0 aliphatic rings. The van der Waals surface area contributed by atoms with Gasteiger partial charge in [-0.2, -0.15) is 0 Å². The van der Waals surface area contributed by atoms with Crippen molar-refractivity contribution in [1.82, 2.24) is 9.38 Å². The number of anilines is 2. The standard InChI is InChI=1S/C15H12Cl2N4O2S/c1-7-6-24-15-18-8(2)12(13(22)21(7)15)20-14(23)19-11-4-3-9(16)5-10(11)17/h3-6H,1-2H3,(H2,19,20,23). The number of nitrogens with zero attached hydrogens (tertiary/aromatic N) is 2. The van der Waals surface area contributed by atoms with Crippen LogP contribution in [-0.4, -0.2) is 15.4 Å². The molecule has 0 atom stereocenters. The summed E-state index contributed by atoms with van der Waals surface area (Å²) >= 11 is 13.2. The number of rotatable bonds is 2. The summed E-state index contributed by atoms with van der Waals surface area (Å²) in [5, 5.41) is 7.72. The summed E-state index contributed by atoms with van der Waals surface area (Å²) in [6.45, 7) is 3.47. The molecule has 0 saturated heterocycles. The van der Waals surface area contributed by atoms with Crippen LogP contribution in [0.25, 0.3) is 4.96 Å². The van der Waals surface area contributed by atoms with Crippen LogP contribution in [0.5, 0.6) is 0 Å². The first-order valence-corrected chi connectivity index (χ1v) is 8.51. The highest BCUT2D eigenvalue weighted by Gasteiger charge is 2.15. The third kappa shape index (κ3) is 3.10. The van der Waals surface area contributed by atoms with Gasteiger partial charge in [-0.05, 0) is 32.0 Å². The maximum absolute atomic E-state index is 12.6. The minimum Gasteiger partial charge on any atom is -0.306 e. The second-order valence-corrected chi connectivity index (χ2v) is 6.76. The fourth-order valence-electron chi connectivity index (χ4n) is 2.19. The van der Waals surface area contributed by atoms with Crippen LogP contribution in [0.3, 0.4) is 0 Å². The van der Waals surface area contributed by atoms with Gasteiger partial charge in [0, 0.05) is 16.1 Å². The van der Waals surface area contributed by atoms with Crippen LogP contribution >= 0.6 is 34.5 Å². The number of carbonyl (C=O) groups is 1. The van der Waals surface area contributed by atoms with Crippen molar-refractivity contribution in [2.45, 2.75) is 13.8 Å². The van der Waals surface area contributed by atoms with Crippen molar-refractivity contribution in [3.63, 3.8) is 0 Å². The molecule has 0 radical (unpaired) electrons. The van der Waals surface area contributed by atoms with E-state index >= 15 is 0 Å². The van der Waals surface area contributed by atoms with Crippen molar-refractivity contribution in [3.8, 4) is 0 Å². The predicted molar refractivity (Wildman–Crippen MR) is 97.9 cm³/mol. The number of amides is 2. The van der Waals surface area contributed by atoms with Crippen LogP contribution in [0.15, 0.2) is 28.4 Å². The molecular formula is C15H12Cl2N4O2S. The van der Waals surface area contributed by atoms with E-state index in [0.717, 1.165) is 5.69 Å².